The maximum absolute atomic E-state index is 13.4. The first-order valence-corrected chi connectivity index (χ1v) is 11.4. The normalized spacial score (nSPS) is 12.4. The van der Waals surface area contributed by atoms with Crippen LogP contribution in [0.2, 0.25) is 0 Å². The van der Waals surface area contributed by atoms with Gasteiger partial charge in [0.2, 0.25) is 5.78 Å². The minimum atomic E-state index is -3.38. The predicted octanol–water partition coefficient (Wildman–Crippen LogP) is 4.35. The molecule has 1 atom stereocenters. The van der Waals surface area contributed by atoms with Crippen molar-refractivity contribution in [1.82, 2.24) is 4.98 Å². The Morgan fingerprint density at radius 1 is 0.871 bits per heavy atom. The Kier molecular flexibility index (Phi) is 5.44. The molecule has 4 rings (SSSR count). The summed E-state index contributed by atoms with van der Waals surface area (Å²) < 4.78 is 28.9. The highest BCUT2D eigenvalue weighted by Crippen LogP contribution is 2.28. The van der Waals surface area contributed by atoms with Gasteiger partial charge < -0.3 is 9.72 Å². The molecule has 156 valence electrons. The largest absolute Gasteiger partial charge is 0.445 e. The van der Waals surface area contributed by atoms with Gasteiger partial charge in [-0.1, -0.05) is 48.5 Å². The zero-order chi connectivity index (χ0) is 22.0. The fourth-order valence-electron chi connectivity index (χ4n) is 3.33. The number of esters is 1. The van der Waals surface area contributed by atoms with Crippen molar-refractivity contribution in [3.8, 4) is 0 Å². The molecule has 0 unspecified atom stereocenters. The van der Waals surface area contributed by atoms with Crippen molar-refractivity contribution in [2.45, 2.75) is 11.0 Å². The lowest BCUT2D eigenvalue weighted by atomic mass is 9.99. The second-order valence-electron chi connectivity index (χ2n) is 7.10. The molecule has 31 heavy (non-hydrogen) atoms. The van der Waals surface area contributed by atoms with E-state index in [-0.39, 0.29) is 16.2 Å². The van der Waals surface area contributed by atoms with Crippen LogP contribution >= 0.6 is 0 Å². The maximum atomic E-state index is 13.4. The summed E-state index contributed by atoms with van der Waals surface area (Å²) in [5.41, 5.74) is 1.92. The van der Waals surface area contributed by atoms with Crippen LogP contribution in [0.15, 0.2) is 90.0 Å². The Hall–Kier alpha value is -3.71. The van der Waals surface area contributed by atoms with E-state index in [0.717, 1.165) is 17.2 Å². The van der Waals surface area contributed by atoms with Crippen molar-refractivity contribution < 1.29 is 22.7 Å². The lowest BCUT2D eigenvalue weighted by molar-refractivity contribution is 0.0280. The number of hydrogen-bond acceptors (Lipinski definition) is 5. The lowest BCUT2D eigenvalue weighted by Crippen LogP contribution is -2.20. The average Bonchev–Trinajstić information content (AvgIpc) is 3.21. The molecule has 0 spiro atoms. The molecule has 1 aromatic heterocycles. The summed E-state index contributed by atoms with van der Waals surface area (Å²) in [6.45, 7) is 0. The minimum Gasteiger partial charge on any atom is -0.445 e. The molecule has 0 bridgehead atoms. The molecule has 0 aliphatic rings. The molecule has 0 fully saturated rings. The van der Waals surface area contributed by atoms with Crippen molar-refractivity contribution in [2.75, 3.05) is 6.26 Å². The fraction of sp³-hybridized carbons (Fsp3) is 0.0833. The van der Waals surface area contributed by atoms with Crippen LogP contribution in [0, 0.1) is 0 Å². The van der Waals surface area contributed by atoms with Gasteiger partial charge >= 0.3 is 5.97 Å². The van der Waals surface area contributed by atoms with E-state index in [1.54, 1.807) is 30.5 Å². The number of rotatable bonds is 6. The van der Waals surface area contributed by atoms with Crippen LogP contribution < -0.4 is 0 Å². The van der Waals surface area contributed by atoms with Gasteiger partial charge in [0, 0.05) is 34.5 Å². The second kappa shape index (κ2) is 8.20. The summed E-state index contributed by atoms with van der Waals surface area (Å²) in [4.78, 5) is 29.3. The molecule has 6 nitrogen and oxygen atoms in total. The average molecular weight is 433 g/mol. The first kappa shape index (κ1) is 20.6. The number of hydrogen-bond donors (Lipinski definition) is 1. The standard InChI is InChI=1S/C24H19NO5S/c1-31(28,29)18-13-11-17(12-14-18)24(27)30-23(16-7-3-2-4-8-16)22(26)20-15-25-21-10-6-5-9-19(20)21/h2-15,23,25H,1H3/t23-/m1/s1. The third-order valence-electron chi connectivity index (χ3n) is 4.94. The van der Waals surface area contributed by atoms with Gasteiger partial charge in [-0.25, -0.2) is 13.2 Å². The molecule has 1 N–H and O–H groups in total. The monoisotopic (exact) mass is 433 g/mol. The van der Waals surface area contributed by atoms with Crippen LogP contribution in [0.4, 0.5) is 0 Å². The van der Waals surface area contributed by atoms with E-state index in [2.05, 4.69) is 4.98 Å². The first-order chi connectivity index (χ1) is 14.8. The SMILES string of the molecule is CS(=O)(=O)c1ccc(C(=O)O[C@@H](C(=O)c2c[nH]c3ccccc23)c2ccccc2)cc1. The molecule has 3 aromatic carbocycles. The zero-order valence-electron chi connectivity index (χ0n) is 16.6. The highest BCUT2D eigenvalue weighted by atomic mass is 32.2. The first-order valence-electron chi connectivity index (χ1n) is 9.51. The van der Waals surface area contributed by atoms with E-state index in [9.17, 15) is 18.0 Å². The fourth-order valence-corrected chi connectivity index (χ4v) is 3.96. The number of ketones is 1. The van der Waals surface area contributed by atoms with Crippen LogP contribution in [0.1, 0.15) is 32.4 Å². The summed E-state index contributed by atoms with van der Waals surface area (Å²) in [5, 5.41) is 0.738. The van der Waals surface area contributed by atoms with E-state index in [0.29, 0.717) is 11.1 Å². The van der Waals surface area contributed by atoms with Gasteiger partial charge in [0.1, 0.15) is 0 Å². The van der Waals surface area contributed by atoms with Crippen molar-refractivity contribution in [3.05, 3.63) is 102 Å². The Bertz CT molecular complexity index is 1360. The predicted molar refractivity (Wildman–Crippen MR) is 117 cm³/mol. The number of carbonyl (C=O) groups is 2. The van der Waals surface area contributed by atoms with Gasteiger partial charge in [-0.2, -0.15) is 0 Å². The highest BCUT2D eigenvalue weighted by Gasteiger charge is 2.28. The van der Waals surface area contributed by atoms with E-state index in [1.165, 1.54) is 24.3 Å². The van der Waals surface area contributed by atoms with Crippen LogP contribution in [-0.2, 0) is 14.6 Å². The van der Waals surface area contributed by atoms with Gasteiger partial charge in [0.05, 0.1) is 10.5 Å². The molecular weight excluding hydrogens is 414 g/mol. The summed E-state index contributed by atoms with van der Waals surface area (Å²) in [5.74, 6) is -1.08. The van der Waals surface area contributed by atoms with Crippen molar-refractivity contribution in [2.24, 2.45) is 0 Å². The minimum absolute atomic E-state index is 0.0959. The summed E-state index contributed by atoms with van der Waals surface area (Å²) in [6, 6.07) is 21.6. The lowest BCUT2D eigenvalue weighted by Gasteiger charge is -2.17. The molecule has 0 saturated carbocycles. The van der Waals surface area contributed by atoms with Crippen LogP contribution in [0.5, 0.6) is 0 Å². The third kappa shape index (κ3) is 4.27. The van der Waals surface area contributed by atoms with Crippen molar-refractivity contribution >= 4 is 32.5 Å². The molecule has 0 saturated heterocycles. The second-order valence-corrected chi connectivity index (χ2v) is 9.12. The maximum Gasteiger partial charge on any atom is 0.339 e. The third-order valence-corrected chi connectivity index (χ3v) is 6.07. The molecule has 7 heteroatoms. The quantitative estimate of drug-likeness (QED) is 0.360. The molecule has 0 aliphatic carbocycles. The number of ether oxygens (including phenoxy) is 1. The molecule has 0 amide bonds. The van der Waals surface area contributed by atoms with Gasteiger partial charge in [-0.15, -0.1) is 0 Å². The van der Waals surface area contributed by atoms with Gasteiger partial charge in [0.15, 0.2) is 15.9 Å². The number of fused-ring (bicyclic) bond motifs is 1. The number of benzene rings is 3. The summed E-state index contributed by atoms with van der Waals surface area (Å²) in [7, 11) is -3.38. The number of aromatic amines is 1. The van der Waals surface area contributed by atoms with Crippen LogP contribution in [-0.4, -0.2) is 31.4 Å². The van der Waals surface area contributed by atoms with Crippen LogP contribution in [0.3, 0.4) is 0 Å². The van der Waals surface area contributed by atoms with E-state index < -0.39 is 21.9 Å². The molecular formula is C24H19NO5S. The van der Waals surface area contributed by atoms with Gasteiger partial charge in [-0.3, -0.25) is 4.79 Å². The van der Waals surface area contributed by atoms with E-state index in [4.69, 9.17) is 4.74 Å². The van der Waals surface area contributed by atoms with Gasteiger partial charge in [0.25, 0.3) is 0 Å². The number of Topliss-reactive ketones (excluding diaryl/α,β-unsaturated/α-hetero) is 1. The number of aromatic nitrogens is 1. The summed E-state index contributed by atoms with van der Waals surface area (Å²) in [6.07, 6.45) is 1.55. The highest BCUT2D eigenvalue weighted by molar-refractivity contribution is 7.90. The number of carbonyl (C=O) groups excluding carboxylic acids is 2. The van der Waals surface area contributed by atoms with Crippen LogP contribution in [0.25, 0.3) is 10.9 Å². The zero-order valence-corrected chi connectivity index (χ0v) is 17.4. The number of H-pyrrole nitrogens is 1. The Labute approximate surface area is 179 Å². The number of para-hydroxylation sites is 1. The van der Waals surface area contributed by atoms with Gasteiger partial charge in [-0.05, 0) is 30.3 Å². The molecule has 0 aliphatic heterocycles. The van der Waals surface area contributed by atoms with Crippen molar-refractivity contribution in [3.63, 3.8) is 0 Å². The Morgan fingerprint density at radius 2 is 1.52 bits per heavy atom. The smallest absolute Gasteiger partial charge is 0.339 e. The molecule has 1 heterocycles. The topological polar surface area (TPSA) is 93.3 Å². The van der Waals surface area contributed by atoms with Crippen molar-refractivity contribution in [1.29, 1.82) is 0 Å². The van der Waals surface area contributed by atoms with E-state index >= 15 is 0 Å². The Balaban J connectivity index is 1.68. The number of sulfone groups is 1. The van der Waals surface area contributed by atoms with E-state index in [1.807, 2.05) is 30.3 Å². The molecule has 0 radical (unpaired) electrons. The molecule has 4 aromatic rings. The summed E-state index contributed by atoms with van der Waals surface area (Å²) >= 11 is 0. The number of nitrogens with one attached hydrogen (secondary N) is 1. The Morgan fingerprint density at radius 3 is 2.19 bits per heavy atom.